The highest BCUT2D eigenvalue weighted by Gasteiger charge is 2.56. The quantitative estimate of drug-likeness (QED) is 0.790. The van der Waals surface area contributed by atoms with E-state index in [4.69, 9.17) is 4.74 Å². The molecule has 0 aromatic rings. The van der Waals surface area contributed by atoms with Crippen LogP contribution >= 0.6 is 0 Å². The van der Waals surface area contributed by atoms with Crippen molar-refractivity contribution in [3.05, 3.63) is 0 Å². The molecule has 7 atom stereocenters. The molecule has 24 heavy (non-hydrogen) atoms. The molecular formula is C19H30N2O3. The average molecular weight is 334 g/mol. The van der Waals surface area contributed by atoms with Crippen LogP contribution in [0.4, 0.5) is 4.79 Å². The van der Waals surface area contributed by atoms with Gasteiger partial charge in [-0.3, -0.25) is 4.79 Å². The maximum atomic E-state index is 12.8. The monoisotopic (exact) mass is 334 g/mol. The van der Waals surface area contributed by atoms with E-state index in [-0.39, 0.29) is 29.9 Å². The number of nitrogens with zero attached hydrogens (tertiary/aromatic N) is 1. The smallest absolute Gasteiger partial charge is 0.317 e. The third-order valence-electron chi connectivity index (χ3n) is 7.13. The van der Waals surface area contributed by atoms with E-state index in [0.29, 0.717) is 17.8 Å². The first-order chi connectivity index (χ1) is 11.6. The number of nitrogens with one attached hydrogen (secondary N) is 1. The van der Waals surface area contributed by atoms with E-state index in [0.717, 1.165) is 38.3 Å². The second-order valence-electron chi connectivity index (χ2n) is 8.71. The van der Waals surface area contributed by atoms with E-state index in [1.165, 1.54) is 26.4 Å². The molecule has 1 aliphatic heterocycles. The van der Waals surface area contributed by atoms with Crippen molar-refractivity contribution >= 4 is 12.0 Å². The Bertz CT molecular complexity index is 523. The van der Waals surface area contributed by atoms with Crippen LogP contribution in [0.15, 0.2) is 0 Å². The van der Waals surface area contributed by atoms with E-state index >= 15 is 0 Å². The minimum atomic E-state index is -0.0605. The fourth-order valence-corrected chi connectivity index (χ4v) is 6.25. The van der Waals surface area contributed by atoms with Gasteiger partial charge in [-0.1, -0.05) is 6.92 Å². The van der Waals surface area contributed by atoms with Crippen LogP contribution in [0.2, 0.25) is 0 Å². The Hall–Kier alpha value is -1.26. The molecule has 4 bridgehead atoms. The van der Waals surface area contributed by atoms with Crippen molar-refractivity contribution in [2.45, 2.75) is 51.5 Å². The minimum absolute atomic E-state index is 0.00613. The van der Waals surface area contributed by atoms with Gasteiger partial charge in [0.1, 0.15) is 0 Å². The first-order valence-corrected chi connectivity index (χ1v) is 9.70. The number of carbonyl (C=O) groups excluding carboxylic acids is 2. The van der Waals surface area contributed by atoms with Crippen molar-refractivity contribution in [1.82, 2.24) is 10.2 Å². The van der Waals surface area contributed by atoms with Crippen LogP contribution in [0.3, 0.4) is 0 Å². The van der Waals surface area contributed by atoms with Crippen molar-refractivity contribution in [2.24, 2.45) is 35.5 Å². The number of hydrogen-bond donors (Lipinski definition) is 1. The predicted octanol–water partition coefficient (Wildman–Crippen LogP) is 2.65. The zero-order chi connectivity index (χ0) is 16.8. The SMILES string of the molecule is COC(=O)C1C2CC3CC(C2)C(NC(=O)N2CCCC(C)C2)C1C3. The molecule has 0 aromatic heterocycles. The fourth-order valence-electron chi connectivity index (χ4n) is 6.25. The number of esters is 1. The van der Waals surface area contributed by atoms with Gasteiger partial charge in [-0.25, -0.2) is 4.79 Å². The number of piperidine rings is 1. The molecule has 5 heteroatoms. The third-order valence-corrected chi connectivity index (χ3v) is 7.13. The lowest BCUT2D eigenvalue weighted by atomic mass is 9.50. The summed E-state index contributed by atoms with van der Waals surface area (Å²) in [7, 11) is 1.50. The maximum absolute atomic E-state index is 12.8. The Morgan fingerprint density at radius 1 is 1.12 bits per heavy atom. The molecule has 5 fully saturated rings. The number of carbonyl (C=O) groups is 2. The van der Waals surface area contributed by atoms with Crippen molar-refractivity contribution in [1.29, 1.82) is 0 Å². The van der Waals surface area contributed by atoms with Gasteiger partial charge in [0.2, 0.25) is 0 Å². The highest BCUT2D eigenvalue weighted by atomic mass is 16.5. The molecule has 4 aliphatic carbocycles. The zero-order valence-corrected chi connectivity index (χ0v) is 14.9. The number of methoxy groups -OCH3 is 1. The molecule has 1 saturated heterocycles. The Balaban J connectivity index is 1.48. The summed E-state index contributed by atoms with van der Waals surface area (Å²) in [6.45, 7) is 3.94. The van der Waals surface area contributed by atoms with Gasteiger partial charge in [0.05, 0.1) is 13.0 Å². The summed E-state index contributed by atoms with van der Waals surface area (Å²) >= 11 is 0. The van der Waals surface area contributed by atoms with Crippen LogP contribution in [0.5, 0.6) is 0 Å². The molecule has 4 saturated carbocycles. The van der Waals surface area contributed by atoms with Gasteiger partial charge >= 0.3 is 12.0 Å². The van der Waals surface area contributed by atoms with Crippen LogP contribution in [-0.2, 0) is 9.53 Å². The molecule has 1 N–H and O–H groups in total. The summed E-state index contributed by atoms with van der Waals surface area (Å²) in [5, 5.41) is 3.34. The molecule has 0 radical (unpaired) electrons. The summed E-state index contributed by atoms with van der Waals surface area (Å²) in [5.74, 6) is 2.58. The molecule has 0 spiro atoms. The summed E-state index contributed by atoms with van der Waals surface area (Å²) in [6, 6.07) is 0.245. The van der Waals surface area contributed by atoms with Crippen LogP contribution in [0.1, 0.15) is 45.4 Å². The highest BCUT2D eigenvalue weighted by Crippen LogP contribution is 2.56. The Morgan fingerprint density at radius 3 is 2.67 bits per heavy atom. The molecule has 5 rings (SSSR count). The van der Waals surface area contributed by atoms with Gasteiger partial charge < -0.3 is 15.0 Å². The first kappa shape index (κ1) is 16.2. The molecule has 5 aliphatic rings. The Morgan fingerprint density at radius 2 is 1.92 bits per heavy atom. The van der Waals surface area contributed by atoms with Crippen LogP contribution in [-0.4, -0.2) is 43.1 Å². The fraction of sp³-hybridized carbons (Fsp3) is 0.895. The summed E-state index contributed by atoms with van der Waals surface area (Å²) in [5.41, 5.74) is 0. The molecule has 0 aromatic carbocycles. The Kier molecular flexibility index (Phi) is 4.21. The standard InChI is InChI=1S/C19H30N2O3/c1-11-4-3-5-21(10-11)19(23)20-17-14-7-12-6-13(9-14)16(15(17)8-12)18(22)24-2/h11-17H,3-10H2,1-2H3,(H,20,23). The number of rotatable bonds is 2. The highest BCUT2D eigenvalue weighted by molar-refractivity contribution is 5.76. The summed E-state index contributed by atoms with van der Waals surface area (Å²) in [4.78, 5) is 27.1. The van der Waals surface area contributed by atoms with E-state index < -0.39 is 0 Å². The zero-order valence-electron chi connectivity index (χ0n) is 14.9. The minimum Gasteiger partial charge on any atom is -0.469 e. The lowest BCUT2D eigenvalue weighted by Gasteiger charge is -2.57. The summed E-state index contributed by atoms with van der Waals surface area (Å²) in [6.07, 6.45) is 6.87. The summed E-state index contributed by atoms with van der Waals surface area (Å²) < 4.78 is 5.10. The number of hydrogen-bond acceptors (Lipinski definition) is 3. The molecule has 7 unspecified atom stereocenters. The van der Waals surface area contributed by atoms with E-state index in [2.05, 4.69) is 12.2 Å². The lowest BCUT2D eigenvalue weighted by molar-refractivity contribution is -0.161. The van der Waals surface area contributed by atoms with Crippen molar-refractivity contribution in [3.8, 4) is 0 Å². The van der Waals surface area contributed by atoms with Crippen molar-refractivity contribution < 1.29 is 14.3 Å². The third kappa shape index (κ3) is 2.70. The van der Waals surface area contributed by atoms with Crippen LogP contribution < -0.4 is 5.32 Å². The molecule has 134 valence electrons. The van der Waals surface area contributed by atoms with Gasteiger partial charge in [0.15, 0.2) is 0 Å². The molecule has 1 heterocycles. The van der Waals surface area contributed by atoms with Crippen molar-refractivity contribution in [2.75, 3.05) is 20.2 Å². The topological polar surface area (TPSA) is 58.6 Å². The van der Waals surface area contributed by atoms with Gasteiger partial charge in [0.25, 0.3) is 0 Å². The van der Waals surface area contributed by atoms with E-state index in [1.807, 2.05) is 4.90 Å². The van der Waals surface area contributed by atoms with Crippen molar-refractivity contribution in [3.63, 3.8) is 0 Å². The van der Waals surface area contributed by atoms with E-state index in [1.54, 1.807) is 0 Å². The van der Waals surface area contributed by atoms with Crippen LogP contribution in [0.25, 0.3) is 0 Å². The average Bonchev–Trinajstić information content (AvgIpc) is 2.57. The normalized spacial score (nSPS) is 43.6. The van der Waals surface area contributed by atoms with E-state index in [9.17, 15) is 9.59 Å². The number of likely N-dealkylation sites (tertiary alicyclic amines) is 1. The maximum Gasteiger partial charge on any atom is 0.317 e. The lowest BCUT2D eigenvalue weighted by Crippen LogP contribution is -2.62. The number of amides is 2. The second kappa shape index (κ2) is 6.23. The molecule has 2 amide bonds. The second-order valence-corrected chi connectivity index (χ2v) is 8.71. The van der Waals surface area contributed by atoms with Gasteiger partial charge in [-0.2, -0.15) is 0 Å². The van der Waals surface area contributed by atoms with Gasteiger partial charge in [0, 0.05) is 19.1 Å². The first-order valence-electron chi connectivity index (χ1n) is 9.70. The molecular weight excluding hydrogens is 304 g/mol. The number of urea groups is 1. The molecule has 5 nitrogen and oxygen atoms in total. The van der Waals surface area contributed by atoms with Gasteiger partial charge in [-0.15, -0.1) is 0 Å². The largest absolute Gasteiger partial charge is 0.469 e. The predicted molar refractivity (Wildman–Crippen MR) is 90.2 cm³/mol. The Labute approximate surface area is 144 Å². The van der Waals surface area contributed by atoms with Crippen LogP contribution in [0, 0.1) is 35.5 Å². The number of ether oxygens (including phenoxy) is 1. The van der Waals surface area contributed by atoms with Gasteiger partial charge in [-0.05, 0) is 68.1 Å².